The third-order valence-electron chi connectivity index (χ3n) is 3.51. The maximum absolute atomic E-state index is 11.4. The Bertz CT molecular complexity index is 415. The molecule has 0 aromatic heterocycles. The van der Waals surface area contributed by atoms with Gasteiger partial charge in [0.2, 0.25) is 0 Å². The molecule has 2 N–H and O–H groups in total. The number of piperidine rings is 1. The van der Waals surface area contributed by atoms with Gasteiger partial charge in [-0.3, -0.25) is 4.79 Å². The van der Waals surface area contributed by atoms with Crippen LogP contribution in [0.15, 0.2) is 24.3 Å². The molecular weight excluding hydrogens is 266 g/mol. The third-order valence-corrected chi connectivity index (χ3v) is 3.77. The lowest BCUT2D eigenvalue weighted by molar-refractivity contribution is -0.145. The van der Waals surface area contributed by atoms with Crippen molar-refractivity contribution in [3.8, 4) is 5.75 Å². The van der Waals surface area contributed by atoms with Crippen LogP contribution in [0.25, 0.3) is 0 Å². The Balaban J connectivity index is 1.93. The number of hydrogen-bond acceptors (Lipinski definition) is 3. The van der Waals surface area contributed by atoms with Crippen LogP contribution in [0, 0.1) is 11.8 Å². The summed E-state index contributed by atoms with van der Waals surface area (Å²) in [4.78, 5) is 11.4. The molecule has 1 atom stereocenters. The second kappa shape index (κ2) is 6.78. The standard InChI is InChI=1S/C14H18ClNO3/c15-11-1-3-12(4-2-11)19-9-13(14(17)18)10-5-7-16-8-6-10/h1-4,10,13,16H,5-9H2,(H,17,18). The molecule has 1 aliphatic rings. The molecule has 4 nitrogen and oxygen atoms in total. The van der Waals surface area contributed by atoms with E-state index in [4.69, 9.17) is 16.3 Å². The van der Waals surface area contributed by atoms with Gasteiger partial charge in [0.15, 0.2) is 0 Å². The van der Waals surface area contributed by atoms with Crippen LogP contribution in [0.4, 0.5) is 0 Å². The molecule has 0 spiro atoms. The van der Waals surface area contributed by atoms with Crippen molar-refractivity contribution in [2.45, 2.75) is 12.8 Å². The SMILES string of the molecule is O=C(O)C(COc1ccc(Cl)cc1)C1CCNCC1. The first kappa shape index (κ1) is 14.2. The number of benzene rings is 1. The fourth-order valence-electron chi connectivity index (χ4n) is 2.37. The van der Waals surface area contributed by atoms with Gasteiger partial charge in [0.05, 0.1) is 5.92 Å². The number of rotatable bonds is 5. The zero-order valence-electron chi connectivity index (χ0n) is 10.6. The largest absolute Gasteiger partial charge is 0.493 e. The van der Waals surface area contributed by atoms with E-state index in [-0.39, 0.29) is 12.5 Å². The van der Waals surface area contributed by atoms with Crippen LogP contribution in [0.2, 0.25) is 5.02 Å². The Labute approximate surface area is 117 Å². The van der Waals surface area contributed by atoms with Gasteiger partial charge >= 0.3 is 5.97 Å². The summed E-state index contributed by atoms with van der Waals surface area (Å²) in [5, 5.41) is 13.2. The van der Waals surface area contributed by atoms with Crippen molar-refractivity contribution in [1.29, 1.82) is 0 Å². The Hall–Kier alpha value is -1.26. The first-order valence-electron chi connectivity index (χ1n) is 6.48. The van der Waals surface area contributed by atoms with Crippen LogP contribution in [0.5, 0.6) is 5.75 Å². The number of aliphatic carboxylic acids is 1. The van der Waals surface area contributed by atoms with Crippen molar-refractivity contribution < 1.29 is 14.6 Å². The lowest BCUT2D eigenvalue weighted by Crippen LogP contribution is -2.37. The molecule has 1 unspecified atom stereocenters. The number of ether oxygens (including phenoxy) is 1. The third kappa shape index (κ3) is 4.11. The van der Waals surface area contributed by atoms with Gasteiger partial charge in [0, 0.05) is 5.02 Å². The van der Waals surface area contributed by atoms with E-state index < -0.39 is 11.9 Å². The van der Waals surface area contributed by atoms with E-state index in [9.17, 15) is 9.90 Å². The first-order chi connectivity index (χ1) is 9.16. The number of nitrogens with one attached hydrogen (secondary N) is 1. The van der Waals surface area contributed by atoms with E-state index in [2.05, 4.69) is 5.32 Å². The van der Waals surface area contributed by atoms with Gasteiger partial charge in [0.1, 0.15) is 12.4 Å². The molecule has 0 radical (unpaired) electrons. The van der Waals surface area contributed by atoms with Crippen molar-refractivity contribution in [1.82, 2.24) is 5.32 Å². The molecule has 1 saturated heterocycles. The van der Waals surface area contributed by atoms with E-state index in [0.29, 0.717) is 10.8 Å². The molecule has 104 valence electrons. The van der Waals surface area contributed by atoms with E-state index in [1.54, 1.807) is 24.3 Å². The summed E-state index contributed by atoms with van der Waals surface area (Å²) in [7, 11) is 0. The smallest absolute Gasteiger partial charge is 0.310 e. The van der Waals surface area contributed by atoms with Gasteiger partial charge in [-0.2, -0.15) is 0 Å². The monoisotopic (exact) mass is 283 g/mol. The van der Waals surface area contributed by atoms with Crippen molar-refractivity contribution in [3.63, 3.8) is 0 Å². The highest BCUT2D eigenvalue weighted by atomic mass is 35.5. The van der Waals surface area contributed by atoms with Crippen LogP contribution in [0.3, 0.4) is 0 Å². The molecule has 0 amide bonds. The minimum atomic E-state index is -0.777. The Kier molecular flexibility index (Phi) is 5.05. The molecule has 0 bridgehead atoms. The Morgan fingerprint density at radius 3 is 2.58 bits per heavy atom. The highest BCUT2D eigenvalue weighted by molar-refractivity contribution is 6.30. The number of hydrogen-bond donors (Lipinski definition) is 2. The number of carboxylic acids is 1. The molecule has 0 saturated carbocycles. The predicted octanol–water partition coefficient (Wildman–Crippen LogP) is 2.42. The van der Waals surface area contributed by atoms with E-state index >= 15 is 0 Å². The zero-order chi connectivity index (χ0) is 13.7. The fourth-order valence-corrected chi connectivity index (χ4v) is 2.50. The fraction of sp³-hybridized carbons (Fsp3) is 0.500. The lowest BCUT2D eigenvalue weighted by atomic mass is 9.85. The van der Waals surface area contributed by atoms with Crippen LogP contribution < -0.4 is 10.1 Å². The number of carbonyl (C=O) groups is 1. The normalized spacial score (nSPS) is 17.9. The van der Waals surface area contributed by atoms with Gasteiger partial charge < -0.3 is 15.2 Å². The Morgan fingerprint density at radius 2 is 2.00 bits per heavy atom. The minimum absolute atomic E-state index is 0.186. The molecule has 1 fully saturated rings. The average molecular weight is 284 g/mol. The summed E-state index contributed by atoms with van der Waals surface area (Å²) >= 11 is 5.79. The average Bonchev–Trinajstić information content (AvgIpc) is 2.42. The molecule has 5 heteroatoms. The molecule has 2 rings (SSSR count). The second-order valence-electron chi connectivity index (χ2n) is 4.80. The highest BCUT2D eigenvalue weighted by Gasteiger charge is 2.29. The number of halogens is 1. The summed E-state index contributed by atoms with van der Waals surface area (Å²) in [6.45, 7) is 1.98. The maximum Gasteiger partial charge on any atom is 0.310 e. The summed E-state index contributed by atoms with van der Waals surface area (Å²) in [6, 6.07) is 6.97. The quantitative estimate of drug-likeness (QED) is 0.871. The van der Waals surface area contributed by atoms with E-state index in [0.717, 1.165) is 25.9 Å². The molecule has 0 aliphatic carbocycles. The predicted molar refractivity (Wildman–Crippen MR) is 73.7 cm³/mol. The molecule has 1 heterocycles. The molecule has 19 heavy (non-hydrogen) atoms. The van der Waals surface area contributed by atoms with Crippen molar-refractivity contribution in [2.24, 2.45) is 11.8 Å². The summed E-state index contributed by atoms with van der Waals surface area (Å²) in [5.41, 5.74) is 0. The van der Waals surface area contributed by atoms with Gasteiger partial charge in [-0.05, 0) is 56.1 Å². The van der Waals surface area contributed by atoms with Crippen LogP contribution in [-0.4, -0.2) is 30.8 Å². The first-order valence-corrected chi connectivity index (χ1v) is 6.86. The Morgan fingerprint density at radius 1 is 1.37 bits per heavy atom. The molecule has 1 aromatic rings. The molecular formula is C14H18ClNO3. The topological polar surface area (TPSA) is 58.6 Å². The van der Waals surface area contributed by atoms with Gasteiger partial charge in [-0.25, -0.2) is 0 Å². The minimum Gasteiger partial charge on any atom is -0.493 e. The number of carboxylic acid groups (broad SMARTS) is 1. The van der Waals surface area contributed by atoms with Crippen molar-refractivity contribution in [3.05, 3.63) is 29.3 Å². The zero-order valence-corrected chi connectivity index (χ0v) is 11.4. The van der Waals surface area contributed by atoms with Gasteiger partial charge in [-0.1, -0.05) is 11.6 Å². The van der Waals surface area contributed by atoms with E-state index in [1.807, 2.05) is 0 Å². The summed E-state index contributed by atoms with van der Waals surface area (Å²) in [6.07, 6.45) is 1.78. The summed E-state index contributed by atoms with van der Waals surface area (Å²) < 4.78 is 5.58. The second-order valence-corrected chi connectivity index (χ2v) is 5.23. The van der Waals surface area contributed by atoms with Crippen LogP contribution in [-0.2, 0) is 4.79 Å². The molecule has 1 aliphatic heterocycles. The lowest BCUT2D eigenvalue weighted by Gasteiger charge is -2.27. The maximum atomic E-state index is 11.4. The van der Waals surface area contributed by atoms with Crippen molar-refractivity contribution in [2.75, 3.05) is 19.7 Å². The van der Waals surface area contributed by atoms with Crippen LogP contribution in [0.1, 0.15) is 12.8 Å². The van der Waals surface area contributed by atoms with E-state index in [1.165, 1.54) is 0 Å². The molecule has 1 aromatic carbocycles. The van der Waals surface area contributed by atoms with Gasteiger partial charge in [-0.15, -0.1) is 0 Å². The summed E-state index contributed by atoms with van der Waals surface area (Å²) in [5.74, 6) is -0.380. The van der Waals surface area contributed by atoms with Gasteiger partial charge in [0.25, 0.3) is 0 Å². The van der Waals surface area contributed by atoms with Crippen molar-refractivity contribution >= 4 is 17.6 Å². The van der Waals surface area contributed by atoms with Crippen LogP contribution >= 0.6 is 11.6 Å². The highest BCUT2D eigenvalue weighted by Crippen LogP contribution is 2.24.